The quantitative estimate of drug-likeness (QED) is 0.0532. The summed E-state index contributed by atoms with van der Waals surface area (Å²) >= 11 is 0. The zero-order chi connectivity index (χ0) is 56.0. The molecule has 24 heteroatoms. The summed E-state index contributed by atoms with van der Waals surface area (Å²) in [5.41, 5.74) is -1.66. The van der Waals surface area contributed by atoms with Gasteiger partial charge < -0.3 is 25.6 Å². The standard InChI is InChI=1S/C28H41FN6O5S.C23H33FN6O3S/c1-26(2,3)20-12-11-19(23(29)32-20)24(36)34-41(38,39)22-16-30-15-21(33-22)31-13-9-10-18-14-28(7,8)35(17-18)25(37)40-27(4,5)6;1-22(2,3)17-9-8-16(20(24)28-17)21(31)30-34(32,33)19-14-25-13-18(29-19)26-10-6-7-15-11-23(4,5)27-12-15/h11-12,15-16,18H,9-10,13-14,17H2,1-8H3,(H,31,33)(H,34,36);8-9,13-15,27H,6-7,10-12H2,1-5H3,(H,26,29)(H,30,31). The number of hydrogen-bond donors (Lipinski definition) is 5. The minimum atomic E-state index is -4.43. The third kappa shape index (κ3) is 17.3. The van der Waals surface area contributed by atoms with E-state index in [2.05, 4.69) is 59.7 Å². The van der Waals surface area contributed by atoms with Gasteiger partial charge in [0, 0.05) is 52.9 Å². The van der Waals surface area contributed by atoms with Gasteiger partial charge in [-0.2, -0.15) is 25.6 Å². The summed E-state index contributed by atoms with van der Waals surface area (Å²) in [5.74, 6) is -2.99. The van der Waals surface area contributed by atoms with Crippen LogP contribution in [0.4, 0.5) is 25.2 Å². The molecule has 2 atom stereocenters. The van der Waals surface area contributed by atoms with Gasteiger partial charge in [-0.3, -0.25) is 19.6 Å². The Hall–Kier alpha value is -6.01. The van der Waals surface area contributed by atoms with Gasteiger partial charge >= 0.3 is 6.09 Å². The summed E-state index contributed by atoms with van der Waals surface area (Å²) in [7, 11) is -8.78. The predicted molar refractivity (Wildman–Crippen MR) is 280 cm³/mol. The van der Waals surface area contributed by atoms with Crippen LogP contribution in [0.2, 0.25) is 0 Å². The molecule has 2 unspecified atom stereocenters. The Morgan fingerprint density at radius 2 is 1.11 bits per heavy atom. The fraction of sp³-hybridized carbons (Fsp3) is 0.588. The fourth-order valence-corrected chi connectivity index (χ4v) is 10.3. The van der Waals surface area contributed by atoms with Crippen molar-refractivity contribution < 1.29 is 44.7 Å². The first-order valence-electron chi connectivity index (χ1n) is 24.9. The maximum absolute atomic E-state index is 14.5. The molecule has 20 nitrogen and oxygen atoms in total. The molecule has 0 aliphatic carbocycles. The Morgan fingerprint density at radius 1 is 0.667 bits per heavy atom. The van der Waals surface area contributed by atoms with E-state index >= 15 is 0 Å². The van der Waals surface area contributed by atoms with Gasteiger partial charge in [0.15, 0.2) is 10.1 Å². The number of likely N-dealkylation sites (tertiary alicyclic amines) is 1. The van der Waals surface area contributed by atoms with E-state index in [-0.39, 0.29) is 28.8 Å². The number of halogens is 2. The molecular weight excluding hydrogens is 1010 g/mol. The molecule has 0 saturated carbocycles. The molecule has 4 aromatic heterocycles. The lowest BCUT2D eigenvalue weighted by Crippen LogP contribution is -2.45. The normalized spacial score (nSPS) is 17.6. The molecule has 5 N–H and O–H groups in total. The highest BCUT2D eigenvalue weighted by Crippen LogP contribution is 2.36. The van der Waals surface area contributed by atoms with E-state index in [9.17, 15) is 40.0 Å². The topological polar surface area (TPSA) is 269 Å². The Morgan fingerprint density at radius 3 is 1.49 bits per heavy atom. The number of nitrogens with zero attached hydrogens (tertiary/aromatic N) is 7. The molecule has 6 rings (SSSR count). The number of rotatable bonds is 16. The molecule has 412 valence electrons. The molecule has 2 fully saturated rings. The largest absolute Gasteiger partial charge is 0.444 e. The zero-order valence-corrected chi connectivity index (χ0v) is 46.9. The number of amides is 3. The Balaban J connectivity index is 0.000000282. The van der Waals surface area contributed by atoms with Crippen molar-refractivity contribution >= 4 is 49.6 Å². The van der Waals surface area contributed by atoms with Crippen LogP contribution >= 0.6 is 0 Å². The van der Waals surface area contributed by atoms with Crippen LogP contribution in [0.1, 0.15) is 161 Å². The first kappa shape index (κ1) is 59.9. The van der Waals surface area contributed by atoms with Crippen LogP contribution in [0.25, 0.3) is 0 Å². The van der Waals surface area contributed by atoms with Crippen molar-refractivity contribution in [3.05, 3.63) is 83.5 Å². The molecule has 6 heterocycles. The third-order valence-electron chi connectivity index (χ3n) is 12.4. The lowest BCUT2D eigenvalue weighted by atomic mass is 9.91. The number of sulfonamides is 2. The van der Waals surface area contributed by atoms with E-state index in [1.165, 1.54) is 36.7 Å². The number of nitrogens with one attached hydrogen (secondary N) is 5. The number of carbonyl (C=O) groups is 3. The maximum Gasteiger partial charge on any atom is 0.410 e. The second-order valence-electron chi connectivity index (χ2n) is 23.4. The monoisotopic (exact) mass is 1080 g/mol. The maximum atomic E-state index is 14.5. The molecule has 2 aliphatic heterocycles. The number of pyridine rings is 2. The highest BCUT2D eigenvalue weighted by atomic mass is 32.2. The highest BCUT2D eigenvalue weighted by Gasteiger charge is 2.42. The van der Waals surface area contributed by atoms with E-state index in [0.717, 1.165) is 57.5 Å². The molecular formula is C51H74F2N12O8S2. The average molecular weight is 1090 g/mol. The lowest BCUT2D eigenvalue weighted by molar-refractivity contribution is 0.0130. The lowest BCUT2D eigenvalue weighted by Gasteiger charge is -2.33. The Labute approximate surface area is 440 Å². The summed E-state index contributed by atoms with van der Waals surface area (Å²) in [6, 6.07) is 5.40. The number of anilines is 2. The van der Waals surface area contributed by atoms with Gasteiger partial charge in [-0.25, -0.2) is 34.2 Å². The van der Waals surface area contributed by atoms with Crippen molar-refractivity contribution in [3.8, 4) is 0 Å². The highest BCUT2D eigenvalue weighted by molar-refractivity contribution is 7.90. The second kappa shape index (κ2) is 23.5. The smallest absolute Gasteiger partial charge is 0.410 e. The van der Waals surface area contributed by atoms with Crippen LogP contribution in [0, 0.1) is 23.7 Å². The van der Waals surface area contributed by atoms with E-state index < -0.39 is 81.4 Å². The average Bonchev–Trinajstić information content (AvgIpc) is 3.81. The number of aromatic nitrogens is 6. The van der Waals surface area contributed by atoms with Crippen LogP contribution in [0.3, 0.4) is 0 Å². The van der Waals surface area contributed by atoms with E-state index in [0.29, 0.717) is 42.9 Å². The molecule has 4 aromatic rings. The molecule has 0 bridgehead atoms. The third-order valence-corrected chi connectivity index (χ3v) is 14.8. The second-order valence-corrected chi connectivity index (χ2v) is 26.6. The van der Waals surface area contributed by atoms with Crippen molar-refractivity contribution in [1.82, 2.24) is 49.6 Å². The van der Waals surface area contributed by atoms with Gasteiger partial charge in [0.25, 0.3) is 31.9 Å². The SMILES string of the molecule is CC(C)(C)OC(=O)N1CC(CCCNc2cncc(S(=O)(=O)NC(=O)c3ccc(C(C)(C)C)nc3F)n2)CC1(C)C.CC1(C)CC(CCCNc2cncc(S(=O)(=O)NC(=O)c3ccc(C(C)(C)C)nc3F)n2)CN1. The summed E-state index contributed by atoms with van der Waals surface area (Å²) in [5, 5.41) is 8.70. The zero-order valence-electron chi connectivity index (χ0n) is 45.3. The Bertz CT molecular complexity index is 2920. The van der Waals surface area contributed by atoms with Gasteiger partial charge in [-0.1, -0.05) is 41.5 Å². The van der Waals surface area contributed by atoms with Crippen molar-refractivity contribution in [2.24, 2.45) is 11.8 Å². The van der Waals surface area contributed by atoms with Gasteiger partial charge in [0.1, 0.15) is 17.2 Å². The van der Waals surface area contributed by atoms with Crippen molar-refractivity contribution in [2.45, 2.75) is 166 Å². The molecule has 2 saturated heterocycles. The van der Waals surface area contributed by atoms with Crippen LogP contribution in [0.5, 0.6) is 0 Å². The molecule has 0 spiro atoms. The Kier molecular flexibility index (Phi) is 18.7. The van der Waals surface area contributed by atoms with Crippen LogP contribution in [-0.4, -0.2) is 112 Å². The van der Waals surface area contributed by atoms with E-state index in [1.807, 2.05) is 85.6 Å². The molecule has 2 aliphatic rings. The van der Waals surface area contributed by atoms with Crippen LogP contribution in [0.15, 0.2) is 59.1 Å². The van der Waals surface area contributed by atoms with Gasteiger partial charge in [-0.05, 0) is 130 Å². The number of carbonyl (C=O) groups excluding carboxylic acids is 3. The van der Waals surface area contributed by atoms with Gasteiger partial charge in [0.05, 0.1) is 35.9 Å². The van der Waals surface area contributed by atoms with Crippen LogP contribution in [-0.2, 0) is 35.6 Å². The first-order valence-corrected chi connectivity index (χ1v) is 27.9. The van der Waals surface area contributed by atoms with Crippen molar-refractivity contribution in [3.63, 3.8) is 0 Å². The van der Waals surface area contributed by atoms with Crippen molar-refractivity contribution in [2.75, 3.05) is 36.8 Å². The first-order chi connectivity index (χ1) is 34.5. The number of ether oxygens (including phenoxy) is 1. The minimum Gasteiger partial charge on any atom is -0.444 e. The van der Waals surface area contributed by atoms with Gasteiger partial charge in [0.2, 0.25) is 11.9 Å². The molecule has 0 aromatic carbocycles. The summed E-state index contributed by atoms with van der Waals surface area (Å²) in [4.78, 5) is 63.0. The molecule has 3 amide bonds. The molecule has 75 heavy (non-hydrogen) atoms. The number of hydrogen-bond acceptors (Lipinski definition) is 17. The van der Waals surface area contributed by atoms with E-state index in [4.69, 9.17) is 4.74 Å². The van der Waals surface area contributed by atoms with E-state index in [1.54, 1.807) is 4.90 Å². The van der Waals surface area contributed by atoms with Gasteiger partial charge in [-0.15, -0.1) is 0 Å². The predicted octanol–water partition coefficient (Wildman–Crippen LogP) is 7.66. The van der Waals surface area contributed by atoms with Crippen molar-refractivity contribution in [1.29, 1.82) is 0 Å². The van der Waals surface area contributed by atoms with Crippen LogP contribution < -0.4 is 25.4 Å². The summed E-state index contributed by atoms with van der Waals surface area (Å²) < 4.78 is 89.0. The molecule has 0 radical (unpaired) electrons. The summed E-state index contributed by atoms with van der Waals surface area (Å²) in [6.07, 6.45) is 9.99. The fourth-order valence-electron chi connectivity index (χ4n) is 8.55. The summed E-state index contributed by atoms with van der Waals surface area (Å²) in [6.45, 7) is 27.8. The minimum absolute atomic E-state index is 0.171.